The summed E-state index contributed by atoms with van der Waals surface area (Å²) in [6, 6.07) is 4.91. The molecule has 0 aliphatic heterocycles. The molecule has 5 nitrogen and oxygen atoms in total. The van der Waals surface area contributed by atoms with Crippen LogP contribution in [0.25, 0.3) is 0 Å². The maximum absolute atomic E-state index is 11.7. The van der Waals surface area contributed by atoms with Gasteiger partial charge in [-0.1, -0.05) is 31.4 Å². The van der Waals surface area contributed by atoms with E-state index in [9.17, 15) is 20.0 Å². The van der Waals surface area contributed by atoms with Gasteiger partial charge in [0.05, 0.1) is 10.3 Å². The highest BCUT2D eigenvalue weighted by atomic mass is 16.6. The van der Waals surface area contributed by atoms with Gasteiger partial charge >= 0.3 is 5.97 Å². The molecule has 0 saturated heterocycles. The number of carboxylic acids is 1. The lowest BCUT2D eigenvalue weighted by Gasteiger charge is -2.33. The van der Waals surface area contributed by atoms with Gasteiger partial charge in [0.1, 0.15) is 0 Å². The van der Waals surface area contributed by atoms with E-state index in [0.717, 1.165) is 24.8 Å². The highest BCUT2D eigenvalue weighted by molar-refractivity contribution is 5.75. The molecule has 1 aliphatic carbocycles. The van der Waals surface area contributed by atoms with Gasteiger partial charge in [-0.05, 0) is 31.7 Å². The van der Waals surface area contributed by atoms with Crippen LogP contribution >= 0.6 is 0 Å². The standard InChI is InChI=1S/C15H19NO4/c1-11-12(6-5-7-13(11)16(19)20)10-15(14(17)18)8-3-2-4-9-15/h5-7H,2-4,8-10H2,1H3,(H,17,18). The Labute approximate surface area is 117 Å². The van der Waals surface area contributed by atoms with E-state index in [4.69, 9.17) is 0 Å². The number of nitro benzene ring substituents is 1. The summed E-state index contributed by atoms with van der Waals surface area (Å²) in [4.78, 5) is 22.2. The van der Waals surface area contributed by atoms with Crippen LogP contribution in [0.15, 0.2) is 18.2 Å². The van der Waals surface area contributed by atoms with Gasteiger partial charge in [0.2, 0.25) is 0 Å². The second-order valence-electron chi connectivity index (χ2n) is 5.64. The Morgan fingerprint density at radius 3 is 2.55 bits per heavy atom. The first-order chi connectivity index (χ1) is 9.46. The quantitative estimate of drug-likeness (QED) is 0.674. The molecular weight excluding hydrogens is 258 g/mol. The fourth-order valence-corrected chi connectivity index (χ4v) is 3.12. The Bertz CT molecular complexity index is 533. The maximum atomic E-state index is 11.7. The lowest BCUT2D eigenvalue weighted by molar-refractivity contribution is -0.385. The number of nitrogens with zero attached hydrogens (tertiary/aromatic N) is 1. The number of carboxylic acid groups (broad SMARTS) is 1. The van der Waals surface area contributed by atoms with Crippen molar-refractivity contribution >= 4 is 11.7 Å². The first-order valence-corrected chi connectivity index (χ1v) is 6.92. The zero-order chi connectivity index (χ0) is 14.8. The molecule has 1 aromatic rings. The van der Waals surface area contributed by atoms with Crippen molar-refractivity contribution in [3.05, 3.63) is 39.4 Å². The maximum Gasteiger partial charge on any atom is 0.309 e. The first kappa shape index (κ1) is 14.5. The summed E-state index contributed by atoms with van der Waals surface area (Å²) in [5.41, 5.74) is 0.684. The Morgan fingerprint density at radius 2 is 2.00 bits per heavy atom. The SMILES string of the molecule is Cc1c(CC2(C(=O)O)CCCCC2)cccc1[N+](=O)[O-]. The van der Waals surface area contributed by atoms with Crippen molar-refractivity contribution < 1.29 is 14.8 Å². The van der Waals surface area contributed by atoms with E-state index in [2.05, 4.69) is 0 Å². The molecule has 0 radical (unpaired) electrons. The number of carbonyl (C=O) groups is 1. The minimum Gasteiger partial charge on any atom is -0.481 e. The summed E-state index contributed by atoms with van der Waals surface area (Å²) in [7, 11) is 0. The molecule has 20 heavy (non-hydrogen) atoms. The summed E-state index contributed by atoms with van der Waals surface area (Å²) < 4.78 is 0. The van der Waals surface area contributed by atoms with E-state index in [1.807, 2.05) is 6.07 Å². The number of nitro groups is 1. The lowest BCUT2D eigenvalue weighted by Crippen LogP contribution is -2.35. The fraction of sp³-hybridized carbons (Fsp3) is 0.533. The first-order valence-electron chi connectivity index (χ1n) is 6.92. The Hall–Kier alpha value is -1.91. The normalized spacial score (nSPS) is 17.6. The van der Waals surface area contributed by atoms with E-state index in [0.29, 0.717) is 24.8 Å². The van der Waals surface area contributed by atoms with Crippen molar-refractivity contribution in [1.29, 1.82) is 0 Å². The van der Waals surface area contributed by atoms with Gasteiger partial charge < -0.3 is 5.11 Å². The van der Waals surface area contributed by atoms with Crippen molar-refractivity contribution in [3.8, 4) is 0 Å². The Morgan fingerprint density at radius 1 is 1.35 bits per heavy atom. The second-order valence-corrected chi connectivity index (χ2v) is 5.64. The number of hydrogen-bond acceptors (Lipinski definition) is 3. The van der Waals surface area contributed by atoms with Gasteiger partial charge in [-0.2, -0.15) is 0 Å². The van der Waals surface area contributed by atoms with Crippen molar-refractivity contribution in [2.75, 3.05) is 0 Å². The number of aliphatic carboxylic acids is 1. The largest absolute Gasteiger partial charge is 0.481 e. The molecule has 0 bridgehead atoms. The molecule has 1 N–H and O–H groups in total. The number of rotatable bonds is 4. The van der Waals surface area contributed by atoms with Gasteiger partial charge in [-0.15, -0.1) is 0 Å². The van der Waals surface area contributed by atoms with Crippen molar-refractivity contribution in [3.63, 3.8) is 0 Å². The van der Waals surface area contributed by atoms with Crippen LogP contribution in [0.1, 0.15) is 43.2 Å². The molecule has 1 fully saturated rings. The molecule has 0 unspecified atom stereocenters. The minimum absolute atomic E-state index is 0.0684. The third-order valence-corrected chi connectivity index (χ3v) is 4.41. The summed E-state index contributed by atoms with van der Waals surface area (Å²) in [5.74, 6) is -0.775. The zero-order valence-electron chi connectivity index (χ0n) is 11.6. The molecule has 0 spiro atoms. The molecule has 1 aromatic carbocycles. The molecule has 1 saturated carbocycles. The van der Waals surface area contributed by atoms with Gasteiger partial charge in [0.15, 0.2) is 0 Å². The molecule has 0 amide bonds. The van der Waals surface area contributed by atoms with E-state index in [1.165, 1.54) is 6.07 Å². The minimum atomic E-state index is -0.775. The van der Waals surface area contributed by atoms with Crippen LogP contribution in [0, 0.1) is 22.5 Å². The highest BCUT2D eigenvalue weighted by Gasteiger charge is 2.40. The van der Waals surface area contributed by atoms with Crippen LogP contribution in [0.3, 0.4) is 0 Å². The van der Waals surface area contributed by atoms with Crippen LogP contribution in [-0.2, 0) is 11.2 Å². The van der Waals surface area contributed by atoms with Crippen molar-refractivity contribution in [1.82, 2.24) is 0 Å². The molecular formula is C15H19NO4. The average Bonchev–Trinajstić information content (AvgIpc) is 2.41. The molecule has 5 heteroatoms. The summed E-state index contributed by atoms with van der Waals surface area (Å²) in [6.07, 6.45) is 4.61. The number of hydrogen-bond donors (Lipinski definition) is 1. The second kappa shape index (κ2) is 5.61. The van der Waals surface area contributed by atoms with Crippen molar-refractivity contribution in [2.24, 2.45) is 5.41 Å². The third-order valence-electron chi connectivity index (χ3n) is 4.41. The summed E-state index contributed by atoms with van der Waals surface area (Å²) in [6.45, 7) is 1.70. The smallest absolute Gasteiger partial charge is 0.309 e. The Kier molecular flexibility index (Phi) is 4.06. The fourth-order valence-electron chi connectivity index (χ4n) is 3.12. The van der Waals surface area contributed by atoms with Crippen molar-refractivity contribution in [2.45, 2.75) is 45.4 Å². The van der Waals surface area contributed by atoms with Gasteiger partial charge in [0.25, 0.3) is 5.69 Å². The van der Waals surface area contributed by atoms with Gasteiger partial charge in [0, 0.05) is 11.6 Å². The van der Waals surface area contributed by atoms with Crippen LogP contribution < -0.4 is 0 Å². The predicted molar refractivity (Wildman–Crippen MR) is 74.7 cm³/mol. The van der Waals surface area contributed by atoms with E-state index >= 15 is 0 Å². The third kappa shape index (κ3) is 2.66. The van der Waals surface area contributed by atoms with Crippen LogP contribution in [0.5, 0.6) is 0 Å². The summed E-state index contributed by atoms with van der Waals surface area (Å²) in [5, 5.41) is 20.6. The lowest BCUT2D eigenvalue weighted by atomic mass is 9.70. The molecule has 0 atom stereocenters. The molecule has 108 valence electrons. The van der Waals surface area contributed by atoms with Gasteiger partial charge in [-0.25, -0.2) is 0 Å². The van der Waals surface area contributed by atoms with Crippen LogP contribution in [0.4, 0.5) is 5.69 Å². The Balaban J connectivity index is 2.34. The molecule has 0 aromatic heterocycles. The topological polar surface area (TPSA) is 80.4 Å². The van der Waals surface area contributed by atoms with E-state index in [-0.39, 0.29) is 5.69 Å². The highest BCUT2D eigenvalue weighted by Crippen LogP contribution is 2.40. The predicted octanol–water partition coefficient (Wildman–Crippen LogP) is 3.48. The van der Waals surface area contributed by atoms with Gasteiger partial charge in [-0.3, -0.25) is 14.9 Å². The molecule has 2 rings (SSSR count). The van der Waals surface area contributed by atoms with E-state index in [1.54, 1.807) is 13.0 Å². The van der Waals surface area contributed by atoms with Crippen LogP contribution in [0.2, 0.25) is 0 Å². The zero-order valence-corrected chi connectivity index (χ0v) is 11.6. The monoisotopic (exact) mass is 277 g/mol. The average molecular weight is 277 g/mol. The number of benzene rings is 1. The van der Waals surface area contributed by atoms with E-state index < -0.39 is 16.3 Å². The summed E-state index contributed by atoms with van der Waals surface area (Å²) >= 11 is 0. The molecule has 1 aliphatic rings. The van der Waals surface area contributed by atoms with Crippen LogP contribution in [-0.4, -0.2) is 16.0 Å². The molecule has 0 heterocycles.